The zero-order valence-electron chi connectivity index (χ0n) is 8.34. The lowest BCUT2D eigenvalue weighted by Gasteiger charge is -2.01. The first-order valence-electron chi connectivity index (χ1n) is 4.09. The van der Waals surface area contributed by atoms with Crippen molar-refractivity contribution in [2.24, 2.45) is 5.16 Å². The Morgan fingerprint density at radius 1 is 1.47 bits per heavy atom. The summed E-state index contributed by atoms with van der Waals surface area (Å²) < 4.78 is 0. The monoisotopic (exact) mass is 226 g/mol. The third-order valence-electron chi connectivity index (χ3n) is 1.69. The van der Waals surface area contributed by atoms with Gasteiger partial charge >= 0.3 is 0 Å². The number of rotatable bonds is 3. The summed E-state index contributed by atoms with van der Waals surface area (Å²) in [6.45, 7) is 0. The third kappa shape index (κ3) is 2.95. The van der Waals surface area contributed by atoms with Gasteiger partial charge in [-0.15, -0.1) is 11.8 Å². The maximum absolute atomic E-state index is 10.4. The molecule has 0 atom stereocenters. The number of hydrogen-bond donors (Lipinski definition) is 0. The molecule has 0 aromatic heterocycles. The summed E-state index contributed by atoms with van der Waals surface area (Å²) in [5.74, 6) is 0. The molecule has 0 fully saturated rings. The fourth-order valence-corrected chi connectivity index (χ4v) is 1.54. The Bertz CT molecular complexity index is 375. The van der Waals surface area contributed by atoms with E-state index < -0.39 is 4.92 Å². The van der Waals surface area contributed by atoms with E-state index in [1.54, 1.807) is 12.1 Å². The number of nitro benzene ring substituents is 1. The van der Waals surface area contributed by atoms with E-state index in [9.17, 15) is 10.1 Å². The highest BCUT2D eigenvalue weighted by Crippen LogP contribution is 2.16. The van der Waals surface area contributed by atoms with Crippen LogP contribution in [0, 0.1) is 10.1 Å². The molecule has 0 heterocycles. The third-order valence-corrected chi connectivity index (χ3v) is 2.39. The minimum Gasteiger partial charge on any atom is -0.398 e. The van der Waals surface area contributed by atoms with Gasteiger partial charge in [0.1, 0.15) is 12.2 Å². The smallest absolute Gasteiger partial charge is 0.269 e. The minimum absolute atomic E-state index is 0.0663. The van der Waals surface area contributed by atoms with Gasteiger partial charge in [0.15, 0.2) is 0 Å². The Kier molecular flexibility index (Phi) is 4.11. The first-order valence-corrected chi connectivity index (χ1v) is 5.31. The summed E-state index contributed by atoms with van der Waals surface area (Å²) >= 11 is 1.42. The lowest BCUT2D eigenvalue weighted by atomic mass is 10.2. The molecule has 0 N–H and O–H groups in total. The average Bonchev–Trinajstić information content (AvgIpc) is 2.26. The zero-order valence-corrected chi connectivity index (χ0v) is 9.15. The number of hydrogen-bond acceptors (Lipinski definition) is 5. The van der Waals surface area contributed by atoms with Gasteiger partial charge in [-0.1, -0.05) is 5.16 Å². The van der Waals surface area contributed by atoms with Crippen LogP contribution in [0.25, 0.3) is 0 Å². The maximum Gasteiger partial charge on any atom is 0.269 e. The second-order valence-electron chi connectivity index (χ2n) is 2.59. The first kappa shape index (κ1) is 11.5. The Morgan fingerprint density at radius 3 is 2.47 bits per heavy atom. The van der Waals surface area contributed by atoms with E-state index in [0.29, 0.717) is 5.04 Å². The molecule has 0 saturated heterocycles. The topological polar surface area (TPSA) is 64.7 Å². The summed E-state index contributed by atoms with van der Waals surface area (Å²) in [6.07, 6.45) is 1.86. The molecular weight excluding hydrogens is 216 g/mol. The van der Waals surface area contributed by atoms with Crippen LogP contribution >= 0.6 is 11.8 Å². The second-order valence-corrected chi connectivity index (χ2v) is 3.38. The maximum atomic E-state index is 10.4. The van der Waals surface area contributed by atoms with Crippen LogP contribution in [0.5, 0.6) is 0 Å². The van der Waals surface area contributed by atoms with Crippen molar-refractivity contribution in [1.82, 2.24) is 0 Å². The SMILES string of the molecule is CO/N=C(/SC)c1ccc([N+](=O)[O-])cc1. The van der Waals surface area contributed by atoms with Crippen LogP contribution in [0.1, 0.15) is 5.56 Å². The molecule has 0 aliphatic rings. The van der Waals surface area contributed by atoms with Crippen molar-refractivity contribution in [1.29, 1.82) is 0 Å². The number of non-ortho nitro benzene ring substituents is 1. The Morgan fingerprint density at radius 2 is 2.07 bits per heavy atom. The highest BCUT2D eigenvalue weighted by molar-refractivity contribution is 8.13. The summed E-state index contributed by atoms with van der Waals surface area (Å²) in [6, 6.07) is 6.17. The number of benzene rings is 1. The summed E-state index contributed by atoms with van der Waals surface area (Å²) in [4.78, 5) is 14.6. The zero-order chi connectivity index (χ0) is 11.3. The molecule has 6 heteroatoms. The van der Waals surface area contributed by atoms with Crippen molar-refractivity contribution in [2.45, 2.75) is 0 Å². The van der Waals surface area contributed by atoms with Crippen molar-refractivity contribution < 1.29 is 9.76 Å². The quantitative estimate of drug-likeness (QED) is 0.343. The molecule has 1 aromatic rings. The van der Waals surface area contributed by atoms with Gasteiger partial charge in [-0.3, -0.25) is 10.1 Å². The average molecular weight is 226 g/mol. The Labute approximate surface area is 91.3 Å². The molecule has 5 nitrogen and oxygen atoms in total. The van der Waals surface area contributed by atoms with Crippen molar-refractivity contribution in [3.05, 3.63) is 39.9 Å². The van der Waals surface area contributed by atoms with Crippen LogP contribution in [-0.2, 0) is 4.84 Å². The van der Waals surface area contributed by atoms with Crippen LogP contribution in [0.3, 0.4) is 0 Å². The van der Waals surface area contributed by atoms with Gasteiger partial charge in [0.05, 0.1) is 4.92 Å². The highest BCUT2D eigenvalue weighted by Gasteiger charge is 2.07. The molecule has 15 heavy (non-hydrogen) atoms. The minimum atomic E-state index is -0.435. The molecular formula is C9H10N2O3S. The van der Waals surface area contributed by atoms with E-state index in [1.807, 2.05) is 6.26 Å². The fraction of sp³-hybridized carbons (Fsp3) is 0.222. The van der Waals surface area contributed by atoms with Crippen molar-refractivity contribution >= 4 is 22.5 Å². The standard InChI is InChI=1S/C9H10N2O3S/c1-14-10-9(15-2)7-3-5-8(6-4-7)11(12)13/h3-6H,1-2H3/b10-9+. The van der Waals surface area contributed by atoms with E-state index in [2.05, 4.69) is 9.99 Å². The summed E-state index contributed by atoms with van der Waals surface area (Å²) in [7, 11) is 1.46. The molecule has 0 bridgehead atoms. The van der Waals surface area contributed by atoms with Gasteiger partial charge < -0.3 is 4.84 Å². The van der Waals surface area contributed by atoms with Crippen LogP contribution in [0.2, 0.25) is 0 Å². The predicted molar refractivity (Wildman–Crippen MR) is 60.2 cm³/mol. The lowest BCUT2D eigenvalue weighted by Crippen LogP contribution is -1.96. The molecule has 0 radical (unpaired) electrons. The summed E-state index contributed by atoms with van der Waals surface area (Å²) in [5, 5.41) is 14.9. The van der Waals surface area contributed by atoms with Gasteiger partial charge in [-0.05, 0) is 18.4 Å². The van der Waals surface area contributed by atoms with Gasteiger partial charge in [0.2, 0.25) is 0 Å². The molecule has 0 spiro atoms. The van der Waals surface area contributed by atoms with E-state index in [4.69, 9.17) is 0 Å². The normalized spacial score (nSPS) is 11.2. The first-order chi connectivity index (χ1) is 7.19. The summed E-state index contributed by atoms with van der Waals surface area (Å²) in [5.41, 5.74) is 0.867. The number of oxime groups is 1. The van der Waals surface area contributed by atoms with Crippen LogP contribution < -0.4 is 0 Å². The van der Waals surface area contributed by atoms with Crippen LogP contribution in [0.15, 0.2) is 29.4 Å². The molecule has 1 rings (SSSR count). The van der Waals surface area contributed by atoms with E-state index in [0.717, 1.165) is 5.56 Å². The molecule has 0 amide bonds. The van der Waals surface area contributed by atoms with Crippen molar-refractivity contribution in [3.8, 4) is 0 Å². The van der Waals surface area contributed by atoms with Gasteiger partial charge in [0, 0.05) is 17.7 Å². The largest absolute Gasteiger partial charge is 0.398 e. The predicted octanol–water partition coefficient (Wildman–Crippen LogP) is 2.27. The van der Waals surface area contributed by atoms with Gasteiger partial charge in [-0.2, -0.15) is 0 Å². The van der Waals surface area contributed by atoms with Crippen molar-refractivity contribution in [3.63, 3.8) is 0 Å². The van der Waals surface area contributed by atoms with Crippen LogP contribution in [-0.4, -0.2) is 23.3 Å². The highest BCUT2D eigenvalue weighted by atomic mass is 32.2. The molecule has 0 saturated carbocycles. The van der Waals surface area contributed by atoms with Gasteiger partial charge in [-0.25, -0.2) is 0 Å². The van der Waals surface area contributed by atoms with E-state index in [1.165, 1.54) is 31.0 Å². The molecule has 0 aliphatic carbocycles. The molecule has 80 valence electrons. The number of thioether (sulfide) groups is 1. The molecule has 0 aliphatic heterocycles. The second kappa shape index (κ2) is 5.35. The van der Waals surface area contributed by atoms with Crippen molar-refractivity contribution in [2.75, 3.05) is 13.4 Å². The van der Waals surface area contributed by atoms with E-state index in [-0.39, 0.29) is 5.69 Å². The molecule has 1 aromatic carbocycles. The lowest BCUT2D eigenvalue weighted by molar-refractivity contribution is -0.384. The number of nitro groups is 1. The van der Waals surface area contributed by atoms with Gasteiger partial charge in [0.25, 0.3) is 5.69 Å². The fourth-order valence-electron chi connectivity index (χ4n) is 1.02. The van der Waals surface area contributed by atoms with E-state index >= 15 is 0 Å². The Hall–Kier alpha value is -1.56. The van der Waals surface area contributed by atoms with Crippen LogP contribution in [0.4, 0.5) is 5.69 Å². The Balaban J connectivity index is 2.97. The number of nitrogens with zero attached hydrogens (tertiary/aromatic N) is 2. The molecule has 0 unspecified atom stereocenters.